The second-order valence-electron chi connectivity index (χ2n) is 6.88. The Bertz CT molecular complexity index is 365. The van der Waals surface area contributed by atoms with Gasteiger partial charge in [-0.15, -0.1) is 0 Å². The molecule has 3 aliphatic heterocycles. The first-order valence-electron chi connectivity index (χ1n) is 6.96. The summed E-state index contributed by atoms with van der Waals surface area (Å²) in [5.74, 6) is -1.12. The van der Waals surface area contributed by atoms with Gasteiger partial charge >= 0.3 is 0 Å². The maximum Gasteiger partial charge on any atom is 0.224 e. The fourth-order valence-electron chi connectivity index (χ4n) is 3.58. The van der Waals surface area contributed by atoms with Gasteiger partial charge < -0.3 is 23.7 Å². The highest BCUT2D eigenvalue weighted by Gasteiger charge is 2.62. The third kappa shape index (κ3) is 2.21. The Hall–Kier alpha value is -0.200. The lowest BCUT2D eigenvalue weighted by Crippen LogP contribution is -2.60. The Balaban J connectivity index is 1.86. The van der Waals surface area contributed by atoms with Crippen molar-refractivity contribution in [2.75, 3.05) is 20.3 Å². The SMILES string of the molecule is CO[C@H]1C2OC(C)(C)CC2CO[C@]12COC(C)(C)O2. The van der Waals surface area contributed by atoms with Crippen molar-refractivity contribution in [2.24, 2.45) is 5.92 Å². The summed E-state index contributed by atoms with van der Waals surface area (Å²) >= 11 is 0. The van der Waals surface area contributed by atoms with Gasteiger partial charge in [-0.3, -0.25) is 0 Å². The Labute approximate surface area is 114 Å². The second-order valence-corrected chi connectivity index (χ2v) is 6.88. The van der Waals surface area contributed by atoms with E-state index in [1.807, 2.05) is 13.8 Å². The van der Waals surface area contributed by atoms with Gasteiger partial charge in [0.2, 0.25) is 5.79 Å². The number of methoxy groups -OCH3 is 1. The topological polar surface area (TPSA) is 46.2 Å². The average Bonchev–Trinajstić information content (AvgIpc) is 2.75. The van der Waals surface area contributed by atoms with Crippen molar-refractivity contribution >= 4 is 0 Å². The number of rotatable bonds is 1. The van der Waals surface area contributed by atoms with Crippen LogP contribution in [0.2, 0.25) is 0 Å². The molecule has 0 aliphatic carbocycles. The minimum Gasteiger partial charge on any atom is -0.373 e. The molecular formula is C14H24O5. The normalized spacial score (nSPS) is 47.5. The van der Waals surface area contributed by atoms with Gasteiger partial charge in [-0.05, 0) is 34.1 Å². The van der Waals surface area contributed by atoms with Crippen LogP contribution >= 0.6 is 0 Å². The lowest BCUT2D eigenvalue weighted by atomic mass is 9.87. The molecule has 2 unspecified atom stereocenters. The molecule has 0 amide bonds. The van der Waals surface area contributed by atoms with Crippen molar-refractivity contribution in [3.63, 3.8) is 0 Å². The van der Waals surface area contributed by atoms with Crippen LogP contribution in [0.4, 0.5) is 0 Å². The Morgan fingerprint density at radius 3 is 2.42 bits per heavy atom. The molecule has 4 atom stereocenters. The lowest BCUT2D eigenvalue weighted by molar-refractivity contribution is -0.334. The molecule has 0 bridgehead atoms. The Morgan fingerprint density at radius 1 is 1.11 bits per heavy atom. The van der Waals surface area contributed by atoms with E-state index in [1.54, 1.807) is 7.11 Å². The molecule has 19 heavy (non-hydrogen) atoms. The molecule has 0 aromatic heterocycles. The third-order valence-corrected chi connectivity index (χ3v) is 4.24. The number of ether oxygens (including phenoxy) is 5. The summed E-state index contributed by atoms with van der Waals surface area (Å²) in [5.41, 5.74) is -0.129. The Kier molecular flexibility index (Phi) is 3.01. The first kappa shape index (κ1) is 13.8. The van der Waals surface area contributed by atoms with Gasteiger partial charge in [-0.25, -0.2) is 0 Å². The second kappa shape index (κ2) is 4.15. The van der Waals surface area contributed by atoms with Gasteiger partial charge in [-0.2, -0.15) is 0 Å². The van der Waals surface area contributed by atoms with E-state index in [0.717, 1.165) is 6.42 Å². The van der Waals surface area contributed by atoms with Gasteiger partial charge in [0, 0.05) is 13.0 Å². The molecule has 0 aromatic rings. The van der Waals surface area contributed by atoms with Crippen LogP contribution < -0.4 is 0 Å². The largest absolute Gasteiger partial charge is 0.373 e. The van der Waals surface area contributed by atoms with Crippen molar-refractivity contribution in [3.05, 3.63) is 0 Å². The summed E-state index contributed by atoms with van der Waals surface area (Å²) in [6.45, 7) is 9.02. The predicted octanol–water partition coefficient (Wildman–Crippen LogP) is 1.69. The van der Waals surface area contributed by atoms with Crippen LogP contribution in [0.25, 0.3) is 0 Å². The van der Waals surface area contributed by atoms with Crippen LogP contribution in [0.1, 0.15) is 34.1 Å². The quantitative estimate of drug-likeness (QED) is 0.727. The number of hydrogen-bond donors (Lipinski definition) is 0. The van der Waals surface area contributed by atoms with E-state index in [0.29, 0.717) is 19.1 Å². The molecule has 3 saturated heterocycles. The van der Waals surface area contributed by atoms with E-state index < -0.39 is 11.6 Å². The van der Waals surface area contributed by atoms with Gasteiger partial charge in [0.15, 0.2) is 5.79 Å². The molecule has 3 heterocycles. The molecule has 0 saturated carbocycles. The summed E-state index contributed by atoms with van der Waals surface area (Å²) in [5, 5.41) is 0. The zero-order chi connectivity index (χ0) is 13.9. The minimum atomic E-state index is -0.833. The molecular weight excluding hydrogens is 248 g/mol. The zero-order valence-corrected chi connectivity index (χ0v) is 12.4. The molecule has 0 radical (unpaired) electrons. The molecule has 0 N–H and O–H groups in total. The van der Waals surface area contributed by atoms with Crippen LogP contribution in [0.15, 0.2) is 0 Å². The molecule has 5 nitrogen and oxygen atoms in total. The van der Waals surface area contributed by atoms with E-state index in [2.05, 4.69) is 13.8 Å². The Morgan fingerprint density at radius 2 is 1.84 bits per heavy atom. The van der Waals surface area contributed by atoms with E-state index in [9.17, 15) is 0 Å². The molecule has 3 fully saturated rings. The van der Waals surface area contributed by atoms with Crippen LogP contribution in [0.5, 0.6) is 0 Å². The number of fused-ring (bicyclic) bond motifs is 1. The van der Waals surface area contributed by atoms with Crippen LogP contribution in [-0.4, -0.2) is 49.7 Å². The van der Waals surface area contributed by atoms with Crippen molar-refractivity contribution < 1.29 is 23.7 Å². The summed E-state index contributed by atoms with van der Waals surface area (Å²) in [6.07, 6.45) is 0.735. The van der Waals surface area contributed by atoms with Crippen LogP contribution in [-0.2, 0) is 23.7 Å². The summed E-state index contributed by atoms with van der Waals surface area (Å²) in [6, 6.07) is 0. The average molecular weight is 272 g/mol. The van der Waals surface area contributed by atoms with E-state index in [-0.39, 0.29) is 17.8 Å². The molecule has 5 heteroatoms. The highest BCUT2D eigenvalue weighted by atomic mass is 16.8. The summed E-state index contributed by atoms with van der Waals surface area (Å²) in [4.78, 5) is 0. The monoisotopic (exact) mass is 272 g/mol. The highest BCUT2D eigenvalue weighted by molar-refractivity contribution is 5.03. The standard InChI is InChI=1S/C14H24O5/c1-12(2)6-9-7-16-14(8-17-13(3,4)19-14)11(15-5)10(9)18-12/h9-11H,6-8H2,1-5H3/t9?,10?,11-,14-/m0/s1. The van der Waals surface area contributed by atoms with E-state index in [1.165, 1.54) is 0 Å². The van der Waals surface area contributed by atoms with Gasteiger partial charge in [-0.1, -0.05) is 0 Å². The molecule has 1 spiro atoms. The first-order valence-corrected chi connectivity index (χ1v) is 6.96. The van der Waals surface area contributed by atoms with Gasteiger partial charge in [0.1, 0.15) is 12.7 Å². The maximum atomic E-state index is 6.17. The lowest BCUT2D eigenvalue weighted by Gasteiger charge is -2.44. The zero-order valence-electron chi connectivity index (χ0n) is 12.4. The number of hydrogen-bond acceptors (Lipinski definition) is 5. The van der Waals surface area contributed by atoms with Crippen LogP contribution in [0.3, 0.4) is 0 Å². The minimum absolute atomic E-state index is 0.00579. The van der Waals surface area contributed by atoms with E-state index in [4.69, 9.17) is 23.7 Å². The first-order chi connectivity index (χ1) is 8.77. The van der Waals surface area contributed by atoms with Crippen molar-refractivity contribution in [1.29, 1.82) is 0 Å². The van der Waals surface area contributed by atoms with Gasteiger partial charge in [0.25, 0.3) is 0 Å². The molecule has 3 aliphatic rings. The summed E-state index contributed by atoms with van der Waals surface area (Å²) < 4.78 is 29.6. The summed E-state index contributed by atoms with van der Waals surface area (Å²) in [7, 11) is 1.68. The predicted molar refractivity (Wildman–Crippen MR) is 67.7 cm³/mol. The third-order valence-electron chi connectivity index (χ3n) is 4.24. The van der Waals surface area contributed by atoms with Crippen LogP contribution in [0, 0.1) is 5.92 Å². The fraction of sp³-hybridized carbons (Fsp3) is 1.00. The highest BCUT2D eigenvalue weighted by Crippen LogP contribution is 2.47. The van der Waals surface area contributed by atoms with Crippen molar-refractivity contribution in [1.82, 2.24) is 0 Å². The van der Waals surface area contributed by atoms with Gasteiger partial charge in [0.05, 0.1) is 18.3 Å². The maximum absolute atomic E-state index is 6.17. The smallest absolute Gasteiger partial charge is 0.224 e. The molecule has 3 rings (SSSR count). The fourth-order valence-corrected chi connectivity index (χ4v) is 3.58. The van der Waals surface area contributed by atoms with Crippen molar-refractivity contribution in [2.45, 2.75) is 63.5 Å². The van der Waals surface area contributed by atoms with Crippen molar-refractivity contribution in [3.8, 4) is 0 Å². The molecule has 0 aromatic carbocycles. The molecule has 110 valence electrons. The van der Waals surface area contributed by atoms with E-state index >= 15 is 0 Å².